The lowest BCUT2D eigenvalue weighted by molar-refractivity contribution is -0.123. The lowest BCUT2D eigenvalue weighted by Crippen LogP contribution is -2.49. The minimum atomic E-state index is -0.325. The summed E-state index contributed by atoms with van der Waals surface area (Å²) in [6, 6.07) is 0.00665. The van der Waals surface area contributed by atoms with Crippen LogP contribution in [0.3, 0.4) is 0 Å². The first-order valence-electron chi connectivity index (χ1n) is 6.95. The number of nitrogens with zero attached hydrogens (tertiary/aromatic N) is 1. The summed E-state index contributed by atoms with van der Waals surface area (Å²) >= 11 is 0. The zero-order valence-electron chi connectivity index (χ0n) is 11.2. The van der Waals surface area contributed by atoms with Gasteiger partial charge in [-0.2, -0.15) is 0 Å². The first-order valence-corrected chi connectivity index (χ1v) is 6.95. The van der Waals surface area contributed by atoms with Gasteiger partial charge in [0, 0.05) is 19.1 Å². The molecule has 1 amide bonds. The third-order valence-corrected chi connectivity index (χ3v) is 3.41. The van der Waals surface area contributed by atoms with E-state index in [-0.39, 0.29) is 11.9 Å². The van der Waals surface area contributed by atoms with Crippen LogP contribution in [-0.2, 0) is 4.79 Å². The van der Waals surface area contributed by atoms with Crippen molar-refractivity contribution in [3.8, 4) is 0 Å². The minimum absolute atomic E-state index is 0.0285. The maximum atomic E-state index is 11.8. The van der Waals surface area contributed by atoms with Crippen molar-refractivity contribution in [1.29, 1.82) is 0 Å². The van der Waals surface area contributed by atoms with Crippen molar-refractivity contribution in [2.24, 2.45) is 5.73 Å². The summed E-state index contributed by atoms with van der Waals surface area (Å²) < 4.78 is 0. The van der Waals surface area contributed by atoms with Crippen molar-refractivity contribution >= 4 is 5.91 Å². The number of nitrogens with two attached hydrogens (primary N) is 1. The van der Waals surface area contributed by atoms with Crippen molar-refractivity contribution in [3.63, 3.8) is 0 Å². The number of hydrogen-bond donors (Lipinski definition) is 2. The average Bonchev–Trinajstić information content (AvgIpc) is 2.32. The van der Waals surface area contributed by atoms with E-state index in [9.17, 15) is 4.79 Å². The fraction of sp³-hybridized carbons (Fsp3) is 0.923. The molecule has 0 radical (unpaired) electrons. The first kappa shape index (κ1) is 14.5. The van der Waals surface area contributed by atoms with Crippen LogP contribution in [0.1, 0.15) is 46.0 Å². The maximum absolute atomic E-state index is 11.8. The van der Waals surface area contributed by atoms with E-state index in [2.05, 4.69) is 24.1 Å². The lowest BCUT2D eigenvalue weighted by atomic mass is 10.0. The summed E-state index contributed by atoms with van der Waals surface area (Å²) in [5.74, 6) is 0.0285. The van der Waals surface area contributed by atoms with Crippen LogP contribution < -0.4 is 11.1 Å². The van der Waals surface area contributed by atoms with E-state index in [1.807, 2.05) is 0 Å². The summed E-state index contributed by atoms with van der Waals surface area (Å²) in [4.78, 5) is 14.2. The molecule has 1 fully saturated rings. The zero-order chi connectivity index (χ0) is 12.7. The second-order valence-corrected chi connectivity index (χ2v) is 5.02. The normalized spacial score (nSPS) is 20.2. The van der Waals surface area contributed by atoms with Gasteiger partial charge >= 0.3 is 0 Å². The number of hydrogen-bond acceptors (Lipinski definition) is 3. The molecule has 4 heteroatoms. The third kappa shape index (κ3) is 5.04. The molecule has 1 atom stereocenters. The second-order valence-electron chi connectivity index (χ2n) is 5.02. The molecule has 0 aliphatic carbocycles. The Hall–Kier alpha value is -0.610. The number of piperidine rings is 1. The Bertz CT molecular complexity index is 225. The number of amides is 1. The number of rotatable bonds is 6. The van der Waals surface area contributed by atoms with Gasteiger partial charge in [0.1, 0.15) is 0 Å². The van der Waals surface area contributed by atoms with Gasteiger partial charge in [-0.3, -0.25) is 4.79 Å². The zero-order valence-corrected chi connectivity index (χ0v) is 11.2. The summed E-state index contributed by atoms with van der Waals surface area (Å²) in [5, 5.41) is 3.08. The Kier molecular flexibility index (Phi) is 6.52. The monoisotopic (exact) mass is 241 g/mol. The van der Waals surface area contributed by atoms with Gasteiger partial charge in [-0.25, -0.2) is 0 Å². The van der Waals surface area contributed by atoms with Gasteiger partial charge in [0.25, 0.3) is 0 Å². The molecule has 1 unspecified atom stereocenters. The van der Waals surface area contributed by atoms with Gasteiger partial charge in [0.05, 0.1) is 6.04 Å². The summed E-state index contributed by atoms with van der Waals surface area (Å²) in [7, 11) is 0. The van der Waals surface area contributed by atoms with Crippen LogP contribution >= 0.6 is 0 Å². The quantitative estimate of drug-likeness (QED) is 0.732. The van der Waals surface area contributed by atoms with Gasteiger partial charge in [0.2, 0.25) is 5.91 Å². The van der Waals surface area contributed by atoms with E-state index in [0.717, 1.165) is 38.8 Å². The summed E-state index contributed by atoms with van der Waals surface area (Å²) in [6.45, 7) is 7.63. The van der Waals surface area contributed by atoms with Crippen LogP contribution in [0.4, 0.5) is 0 Å². The minimum Gasteiger partial charge on any atom is -0.352 e. The van der Waals surface area contributed by atoms with Crippen LogP contribution in [0.2, 0.25) is 0 Å². The fourth-order valence-corrected chi connectivity index (χ4v) is 2.37. The molecule has 0 saturated carbocycles. The van der Waals surface area contributed by atoms with Crippen LogP contribution in [0.5, 0.6) is 0 Å². The summed E-state index contributed by atoms with van der Waals surface area (Å²) in [6.07, 6.45) is 5.07. The Morgan fingerprint density at radius 1 is 1.35 bits per heavy atom. The predicted molar refractivity (Wildman–Crippen MR) is 70.8 cm³/mol. The van der Waals surface area contributed by atoms with Crippen molar-refractivity contribution in [2.75, 3.05) is 19.6 Å². The third-order valence-electron chi connectivity index (χ3n) is 3.41. The number of carbonyl (C=O) groups excluding carboxylic acids is 1. The molecule has 0 aromatic carbocycles. The largest absolute Gasteiger partial charge is 0.352 e. The van der Waals surface area contributed by atoms with Crippen LogP contribution in [0.15, 0.2) is 0 Å². The molecule has 4 nitrogen and oxygen atoms in total. The van der Waals surface area contributed by atoms with Crippen molar-refractivity contribution in [3.05, 3.63) is 0 Å². The highest BCUT2D eigenvalue weighted by Crippen LogP contribution is 2.10. The van der Waals surface area contributed by atoms with E-state index in [4.69, 9.17) is 5.73 Å². The molecule has 0 aromatic heterocycles. The highest BCUT2D eigenvalue weighted by atomic mass is 16.2. The van der Waals surface area contributed by atoms with Gasteiger partial charge in [-0.15, -0.1) is 0 Å². The van der Waals surface area contributed by atoms with Crippen LogP contribution in [0, 0.1) is 0 Å². The van der Waals surface area contributed by atoms with E-state index in [1.165, 1.54) is 13.0 Å². The van der Waals surface area contributed by atoms with E-state index in [0.29, 0.717) is 6.04 Å². The number of carbonyl (C=O) groups is 1. The van der Waals surface area contributed by atoms with Crippen molar-refractivity contribution < 1.29 is 4.79 Å². The van der Waals surface area contributed by atoms with Crippen molar-refractivity contribution in [1.82, 2.24) is 10.2 Å². The maximum Gasteiger partial charge on any atom is 0.237 e. The van der Waals surface area contributed by atoms with Gasteiger partial charge in [0.15, 0.2) is 0 Å². The highest BCUT2D eigenvalue weighted by molar-refractivity contribution is 5.81. The number of nitrogens with one attached hydrogen (secondary N) is 1. The van der Waals surface area contributed by atoms with E-state index >= 15 is 0 Å². The molecule has 1 aliphatic heterocycles. The standard InChI is InChI=1S/C13H27N3O/c1-3-5-12(14)13(17)15-11-6-9-16(8-4-2)10-7-11/h11-12H,3-10,14H2,1-2H3,(H,15,17). The molecular weight excluding hydrogens is 214 g/mol. The van der Waals surface area contributed by atoms with E-state index < -0.39 is 0 Å². The molecule has 17 heavy (non-hydrogen) atoms. The average molecular weight is 241 g/mol. The number of likely N-dealkylation sites (tertiary alicyclic amines) is 1. The first-order chi connectivity index (χ1) is 8.17. The highest BCUT2D eigenvalue weighted by Gasteiger charge is 2.22. The molecule has 0 bridgehead atoms. The van der Waals surface area contributed by atoms with Gasteiger partial charge in [-0.1, -0.05) is 20.3 Å². The molecule has 3 N–H and O–H groups in total. The molecule has 0 aromatic rings. The molecular formula is C13H27N3O. The van der Waals surface area contributed by atoms with Gasteiger partial charge in [-0.05, 0) is 32.2 Å². The SMILES string of the molecule is CCCC(N)C(=O)NC1CCN(CCC)CC1. The topological polar surface area (TPSA) is 58.4 Å². The Morgan fingerprint density at radius 3 is 2.53 bits per heavy atom. The molecule has 1 aliphatic rings. The van der Waals surface area contributed by atoms with Crippen LogP contribution in [0.25, 0.3) is 0 Å². The smallest absolute Gasteiger partial charge is 0.237 e. The lowest BCUT2D eigenvalue weighted by Gasteiger charge is -2.32. The Labute approximate surface area is 105 Å². The predicted octanol–water partition coefficient (Wildman–Crippen LogP) is 1.10. The molecule has 1 rings (SSSR count). The second kappa shape index (κ2) is 7.67. The van der Waals surface area contributed by atoms with E-state index in [1.54, 1.807) is 0 Å². The summed E-state index contributed by atoms with van der Waals surface area (Å²) in [5.41, 5.74) is 5.80. The molecule has 0 spiro atoms. The Morgan fingerprint density at radius 2 is 2.00 bits per heavy atom. The fourth-order valence-electron chi connectivity index (χ4n) is 2.37. The van der Waals surface area contributed by atoms with Gasteiger partial charge < -0.3 is 16.0 Å². The molecule has 1 saturated heterocycles. The molecule has 1 heterocycles. The van der Waals surface area contributed by atoms with Crippen LogP contribution in [-0.4, -0.2) is 42.5 Å². The van der Waals surface area contributed by atoms with Crippen molar-refractivity contribution in [2.45, 2.75) is 58.0 Å². The molecule has 100 valence electrons. The Balaban J connectivity index is 2.23.